The van der Waals surface area contributed by atoms with Gasteiger partial charge in [0, 0.05) is 64.0 Å². The highest BCUT2D eigenvalue weighted by Crippen LogP contribution is 2.33. The number of benzene rings is 2. The quantitative estimate of drug-likeness (QED) is 0.0739. The SMILES string of the molecule is C=NC(=C(C=NC1CCN(S(=O)c2ccc(C#N)c(CC(C)CN3CCC(c4ccc5c(NC)nn(C)c5c4)CC3)c2)CC1)/C=C(\C=O)C(F)F)N(C)C(C)C. The summed E-state index contributed by atoms with van der Waals surface area (Å²) in [4.78, 5) is 25.1. The Kier molecular flexibility index (Phi) is 14.8. The third-order valence-corrected chi connectivity index (χ3v) is 12.5. The molecular formula is C42H55F2N9O2S. The summed E-state index contributed by atoms with van der Waals surface area (Å²) < 4.78 is 44.7. The van der Waals surface area contributed by atoms with Gasteiger partial charge in [-0.3, -0.25) is 14.5 Å². The van der Waals surface area contributed by atoms with Crippen molar-refractivity contribution in [1.29, 1.82) is 5.26 Å². The number of allylic oxidation sites excluding steroid dienone is 3. The van der Waals surface area contributed by atoms with Crippen molar-refractivity contribution < 1.29 is 17.8 Å². The number of aliphatic imine (C=N–C) groups is 2. The van der Waals surface area contributed by atoms with Gasteiger partial charge in [-0.05, 0) is 125 Å². The van der Waals surface area contributed by atoms with E-state index in [-0.39, 0.29) is 23.9 Å². The second-order valence-corrected chi connectivity index (χ2v) is 16.7. The molecule has 2 atom stereocenters. The standard InChI is InChI=1S/C42H55F2N9O2S/c1-28(2)50(6)42(47-5)34(21-35(27-54)40(43)44)25-48-36-14-18-53(19-15-36)56(55)37-10-8-32(24-45)33(22-37)20-29(3)26-52-16-12-30(13-17-52)31-9-11-38-39(23-31)51(7)49-41(38)46-4/h8-11,21-23,25,27-30,36,40H,5,12-20,26H2,1-4,6-7H3,(H,46,49)/b35-21+,42-34?,48-25?. The second kappa shape index (κ2) is 19.5. The lowest BCUT2D eigenvalue weighted by Crippen LogP contribution is -2.37. The van der Waals surface area contributed by atoms with Gasteiger partial charge in [0.25, 0.3) is 6.43 Å². The van der Waals surface area contributed by atoms with Crippen LogP contribution in [0.25, 0.3) is 10.9 Å². The Morgan fingerprint density at radius 1 is 1.12 bits per heavy atom. The number of likely N-dealkylation sites (tertiary alicyclic amines) is 1. The summed E-state index contributed by atoms with van der Waals surface area (Å²) in [6.45, 7) is 13.7. The van der Waals surface area contributed by atoms with Crippen LogP contribution in [0.3, 0.4) is 0 Å². The molecule has 3 heterocycles. The number of carbonyl (C=O) groups excluding carboxylic acids is 1. The van der Waals surface area contributed by atoms with Crippen molar-refractivity contribution in [2.24, 2.45) is 23.0 Å². The maximum absolute atomic E-state index is 13.8. The van der Waals surface area contributed by atoms with Crippen molar-refractivity contribution in [2.75, 3.05) is 52.1 Å². The van der Waals surface area contributed by atoms with Gasteiger partial charge >= 0.3 is 0 Å². The molecule has 0 spiro atoms. The summed E-state index contributed by atoms with van der Waals surface area (Å²) >= 11 is 0. The molecule has 1 N–H and O–H groups in total. The van der Waals surface area contributed by atoms with Gasteiger partial charge in [0.15, 0.2) is 12.1 Å². The van der Waals surface area contributed by atoms with Gasteiger partial charge < -0.3 is 15.1 Å². The zero-order chi connectivity index (χ0) is 40.5. The molecule has 3 aromatic rings. The summed E-state index contributed by atoms with van der Waals surface area (Å²) in [6, 6.07) is 14.4. The number of rotatable bonds is 16. The van der Waals surface area contributed by atoms with Crippen LogP contribution in [0.15, 0.2) is 74.3 Å². The maximum atomic E-state index is 13.8. The molecule has 2 aliphatic heterocycles. The third kappa shape index (κ3) is 10.2. The van der Waals surface area contributed by atoms with Crippen LogP contribution in [-0.2, 0) is 29.2 Å². The summed E-state index contributed by atoms with van der Waals surface area (Å²) in [5, 5.41) is 18.8. The number of nitriles is 1. The molecule has 2 aliphatic rings. The lowest BCUT2D eigenvalue weighted by molar-refractivity contribution is -0.106. The number of hydrogen-bond donors (Lipinski definition) is 1. The molecule has 14 heteroatoms. The Hall–Kier alpha value is -4.58. The van der Waals surface area contributed by atoms with E-state index in [0.29, 0.717) is 60.5 Å². The number of halogens is 2. The summed E-state index contributed by atoms with van der Waals surface area (Å²) in [7, 11) is 4.23. The smallest absolute Gasteiger partial charge is 0.267 e. The first-order chi connectivity index (χ1) is 26.9. The molecule has 0 amide bonds. The minimum atomic E-state index is -2.94. The molecule has 56 heavy (non-hydrogen) atoms. The van der Waals surface area contributed by atoms with E-state index in [1.165, 1.54) is 11.8 Å². The van der Waals surface area contributed by atoms with E-state index in [4.69, 9.17) is 0 Å². The van der Waals surface area contributed by atoms with E-state index in [9.17, 15) is 23.0 Å². The first-order valence-electron chi connectivity index (χ1n) is 19.4. The molecule has 0 bridgehead atoms. The first-order valence-corrected chi connectivity index (χ1v) is 20.5. The van der Waals surface area contributed by atoms with Crippen LogP contribution in [0.5, 0.6) is 0 Å². The van der Waals surface area contributed by atoms with Gasteiger partial charge in [-0.1, -0.05) is 13.0 Å². The van der Waals surface area contributed by atoms with Crippen molar-refractivity contribution >= 4 is 46.9 Å². The Morgan fingerprint density at radius 3 is 2.45 bits per heavy atom. The zero-order valence-corrected chi connectivity index (χ0v) is 34.2. The van der Waals surface area contributed by atoms with E-state index in [1.807, 2.05) is 43.0 Å². The molecule has 5 rings (SSSR count). The lowest BCUT2D eigenvalue weighted by Gasteiger charge is -2.34. The molecule has 0 saturated carbocycles. The third-order valence-electron chi connectivity index (χ3n) is 11.0. The van der Waals surface area contributed by atoms with E-state index < -0.39 is 23.0 Å². The highest BCUT2D eigenvalue weighted by molar-refractivity contribution is 7.82. The summed E-state index contributed by atoms with van der Waals surface area (Å²) in [5.41, 5.74) is 3.63. The average molecular weight is 788 g/mol. The number of aryl methyl sites for hydroxylation is 1. The Balaban J connectivity index is 1.18. The predicted molar refractivity (Wildman–Crippen MR) is 222 cm³/mol. The van der Waals surface area contributed by atoms with Gasteiger partial charge in [0.1, 0.15) is 16.8 Å². The number of nitrogens with one attached hydrogen (secondary N) is 1. The molecule has 2 saturated heterocycles. The number of hydrogen-bond acceptors (Lipinski definition) is 9. The largest absolute Gasteiger partial charge is 0.371 e. The predicted octanol–water partition coefficient (Wildman–Crippen LogP) is 6.75. The topological polar surface area (TPSA) is 122 Å². The normalized spacial score (nSPS) is 18.3. The van der Waals surface area contributed by atoms with Crippen molar-refractivity contribution in [3.8, 4) is 6.07 Å². The molecular weight excluding hydrogens is 733 g/mol. The van der Waals surface area contributed by atoms with E-state index >= 15 is 0 Å². The molecule has 1 aromatic heterocycles. The van der Waals surface area contributed by atoms with Crippen LogP contribution in [0.2, 0.25) is 0 Å². The van der Waals surface area contributed by atoms with Crippen molar-refractivity contribution in [3.05, 3.63) is 76.1 Å². The molecule has 2 fully saturated rings. The average Bonchev–Trinajstić information content (AvgIpc) is 3.53. The maximum Gasteiger partial charge on any atom is 0.267 e. The van der Waals surface area contributed by atoms with Crippen LogP contribution in [0.1, 0.15) is 69.1 Å². The Bertz CT molecular complexity index is 2020. The van der Waals surface area contributed by atoms with Crippen molar-refractivity contribution in [2.45, 2.75) is 82.2 Å². The highest BCUT2D eigenvalue weighted by Gasteiger charge is 2.26. The van der Waals surface area contributed by atoms with Gasteiger partial charge in [0.05, 0.1) is 33.7 Å². The molecule has 2 unspecified atom stereocenters. The minimum Gasteiger partial charge on any atom is -0.371 e. The number of alkyl halides is 2. The van der Waals surface area contributed by atoms with E-state index in [2.05, 4.69) is 63.2 Å². The minimum absolute atomic E-state index is 0.00111. The number of fused-ring (bicyclic) bond motifs is 1. The molecule has 11 nitrogen and oxygen atoms in total. The van der Waals surface area contributed by atoms with Crippen molar-refractivity contribution in [3.63, 3.8) is 0 Å². The van der Waals surface area contributed by atoms with Crippen molar-refractivity contribution in [1.82, 2.24) is 23.9 Å². The molecule has 0 radical (unpaired) electrons. The van der Waals surface area contributed by atoms with Gasteiger partial charge in [-0.15, -0.1) is 0 Å². The number of anilines is 1. The Labute approximate surface area is 332 Å². The molecule has 300 valence electrons. The van der Waals surface area contributed by atoms with Gasteiger partial charge in [-0.25, -0.2) is 22.3 Å². The van der Waals surface area contributed by atoms with Crippen LogP contribution < -0.4 is 5.32 Å². The van der Waals surface area contributed by atoms with E-state index in [0.717, 1.165) is 60.8 Å². The van der Waals surface area contributed by atoms with Gasteiger partial charge in [0.2, 0.25) is 0 Å². The summed E-state index contributed by atoms with van der Waals surface area (Å²) in [5.74, 6) is 2.05. The fourth-order valence-corrected chi connectivity index (χ4v) is 8.90. The van der Waals surface area contributed by atoms with E-state index in [1.54, 1.807) is 24.1 Å². The van der Waals surface area contributed by atoms with Crippen LogP contribution in [-0.4, -0.2) is 113 Å². The highest BCUT2D eigenvalue weighted by atomic mass is 32.2. The first kappa shape index (κ1) is 42.6. The zero-order valence-electron chi connectivity index (χ0n) is 33.4. The molecule has 0 aliphatic carbocycles. The number of carbonyl (C=O) groups is 1. The van der Waals surface area contributed by atoms with Gasteiger partial charge in [-0.2, -0.15) is 10.4 Å². The molecule has 2 aromatic carbocycles. The summed E-state index contributed by atoms with van der Waals surface area (Å²) in [6.07, 6.45) is 3.92. The monoisotopic (exact) mass is 787 g/mol. The number of aromatic nitrogens is 2. The Morgan fingerprint density at radius 2 is 1.84 bits per heavy atom. The van der Waals surface area contributed by atoms with Crippen LogP contribution in [0.4, 0.5) is 14.6 Å². The lowest BCUT2D eigenvalue weighted by atomic mass is 9.88. The second-order valence-electron chi connectivity index (χ2n) is 15.2. The fourth-order valence-electron chi connectivity index (χ4n) is 7.63. The number of nitrogens with zero attached hydrogens (tertiary/aromatic N) is 8. The van der Waals surface area contributed by atoms with Crippen LogP contribution >= 0.6 is 0 Å². The van der Waals surface area contributed by atoms with Crippen LogP contribution in [0, 0.1) is 17.2 Å². The fraction of sp³-hybridized carbons (Fsp3) is 0.500. The number of piperidine rings is 2. The number of aldehydes is 1.